The molecule has 4 nitrogen and oxygen atoms in total. The number of hydrogen-bond donors (Lipinski definition) is 1. The van der Waals surface area contributed by atoms with Gasteiger partial charge in [0, 0.05) is 11.9 Å². The zero-order chi connectivity index (χ0) is 22.4. The van der Waals surface area contributed by atoms with Gasteiger partial charge in [-0.2, -0.15) is 13.2 Å². The third kappa shape index (κ3) is 6.55. The fourth-order valence-corrected chi connectivity index (χ4v) is 2.71. The number of halogens is 5. The van der Waals surface area contributed by atoms with E-state index in [4.69, 9.17) is 16.3 Å². The number of alkyl halides is 3. The highest BCUT2D eigenvalue weighted by atomic mass is 35.5. The third-order valence-electron chi connectivity index (χ3n) is 4.00. The van der Waals surface area contributed by atoms with Crippen LogP contribution < -0.4 is 10.1 Å². The van der Waals surface area contributed by atoms with E-state index >= 15 is 0 Å². The molecule has 3 aromatic rings. The van der Waals surface area contributed by atoms with E-state index in [2.05, 4.69) is 10.3 Å². The van der Waals surface area contributed by atoms with Crippen LogP contribution in [-0.4, -0.2) is 18.7 Å². The second kappa shape index (κ2) is 9.61. The molecule has 0 aliphatic heterocycles. The number of carbonyl (C=O) groups excluding carboxylic acids is 1. The maximum absolute atomic E-state index is 12.9. The zero-order valence-electron chi connectivity index (χ0n) is 15.8. The van der Waals surface area contributed by atoms with Crippen LogP contribution in [0.1, 0.15) is 11.1 Å². The monoisotopic (exact) mass is 450 g/mol. The lowest BCUT2D eigenvalue weighted by Gasteiger charge is -2.09. The van der Waals surface area contributed by atoms with Gasteiger partial charge in [0.25, 0.3) is 5.91 Å². The molecular weight excluding hydrogens is 436 g/mol. The Kier molecular flexibility index (Phi) is 6.91. The van der Waals surface area contributed by atoms with Crippen LogP contribution in [0, 0.1) is 5.82 Å². The predicted molar refractivity (Wildman–Crippen MR) is 111 cm³/mol. The molecule has 0 radical (unpaired) electrons. The molecule has 0 saturated heterocycles. The lowest BCUT2D eigenvalue weighted by molar-refractivity contribution is -0.137. The van der Waals surface area contributed by atoms with Crippen molar-refractivity contribution in [2.24, 2.45) is 4.99 Å². The summed E-state index contributed by atoms with van der Waals surface area (Å²) in [7, 11) is 0. The molecule has 3 aromatic carbocycles. The number of nitrogens with one attached hydrogen (secondary N) is 1. The molecule has 0 bridgehead atoms. The Bertz CT molecular complexity index is 1080. The fraction of sp³-hybridized carbons (Fsp3) is 0.0909. The number of rotatable bonds is 6. The molecule has 0 saturated carbocycles. The van der Waals surface area contributed by atoms with E-state index in [-0.39, 0.29) is 12.3 Å². The molecule has 0 atom stereocenters. The minimum Gasteiger partial charge on any atom is -0.484 e. The zero-order valence-corrected chi connectivity index (χ0v) is 16.5. The summed E-state index contributed by atoms with van der Waals surface area (Å²) < 4.78 is 57.0. The van der Waals surface area contributed by atoms with E-state index in [1.807, 2.05) is 0 Å². The molecular formula is C22H15ClF4N2O2. The first kappa shape index (κ1) is 22.3. The van der Waals surface area contributed by atoms with Crippen molar-refractivity contribution in [3.05, 3.63) is 88.7 Å². The summed E-state index contributed by atoms with van der Waals surface area (Å²) in [5.41, 5.74) is 0.213. The van der Waals surface area contributed by atoms with Gasteiger partial charge in [-0.25, -0.2) is 4.39 Å². The van der Waals surface area contributed by atoms with Gasteiger partial charge in [-0.3, -0.25) is 9.79 Å². The largest absolute Gasteiger partial charge is 0.484 e. The van der Waals surface area contributed by atoms with Crippen molar-refractivity contribution in [1.29, 1.82) is 0 Å². The number of anilines is 1. The minimum atomic E-state index is -4.56. The Labute approximate surface area is 180 Å². The van der Waals surface area contributed by atoms with E-state index in [1.165, 1.54) is 36.5 Å². The summed E-state index contributed by atoms with van der Waals surface area (Å²) in [5.74, 6) is -0.410. The molecule has 0 heterocycles. The van der Waals surface area contributed by atoms with Crippen molar-refractivity contribution >= 4 is 35.1 Å². The molecule has 1 N–H and O–H groups in total. The second-order valence-corrected chi connectivity index (χ2v) is 6.74. The Balaban J connectivity index is 1.56. The van der Waals surface area contributed by atoms with Crippen LogP contribution in [-0.2, 0) is 11.0 Å². The standard InChI is InChI=1S/C22H15ClF4N2O2/c23-20-10-7-17(11-19(20)22(25,26)27)28-12-14-1-8-18(9-2-14)31-13-21(30)29-16-5-3-15(24)4-6-16/h1-12H,13H2,(H,29,30). The summed E-state index contributed by atoms with van der Waals surface area (Å²) in [6, 6.07) is 15.2. The van der Waals surface area contributed by atoms with Crippen molar-refractivity contribution in [2.45, 2.75) is 6.18 Å². The highest BCUT2D eigenvalue weighted by Gasteiger charge is 2.33. The maximum Gasteiger partial charge on any atom is 0.417 e. The Hall–Kier alpha value is -3.39. The number of hydrogen-bond acceptors (Lipinski definition) is 3. The number of amides is 1. The Morgan fingerprint density at radius 2 is 1.71 bits per heavy atom. The first-order valence-corrected chi connectivity index (χ1v) is 9.27. The molecule has 0 spiro atoms. The van der Waals surface area contributed by atoms with Crippen molar-refractivity contribution < 1.29 is 27.1 Å². The normalized spacial score (nSPS) is 11.5. The van der Waals surface area contributed by atoms with Crippen molar-refractivity contribution in [3.8, 4) is 5.75 Å². The van der Waals surface area contributed by atoms with Gasteiger partial charge in [-0.1, -0.05) is 11.6 Å². The molecule has 0 aromatic heterocycles. The van der Waals surface area contributed by atoms with Crippen LogP contribution in [0.25, 0.3) is 0 Å². The molecule has 0 aliphatic rings. The van der Waals surface area contributed by atoms with E-state index in [9.17, 15) is 22.4 Å². The fourth-order valence-electron chi connectivity index (χ4n) is 2.49. The first-order chi connectivity index (χ1) is 14.7. The number of aliphatic imine (C=N–C) groups is 1. The SMILES string of the molecule is O=C(COc1ccc(C=Nc2ccc(Cl)c(C(F)(F)F)c2)cc1)Nc1ccc(F)cc1. The Morgan fingerprint density at radius 3 is 2.35 bits per heavy atom. The lowest BCUT2D eigenvalue weighted by Crippen LogP contribution is -2.20. The van der Waals surface area contributed by atoms with Crippen molar-refractivity contribution in [3.63, 3.8) is 0 Å². The van der Waals surface area contributed by atoms with Gasteiger partial charge in [-0.05, 0) is 72.3 Å². The van der Waals surface area contributed by atoms with Gasteiger partial charge >= 0.3 is 6.18 Å². The topological polar surface area (TPSA) is 50.7 Å². The van der Waals surface area contributed by atoms with Crippen LogP contribution >= 0.6 is 11.6 Å². The number of ether oxygens (including phenoxy) is 1. The molecule has 160 valence electrons. The number of carbonyl (C=O) groups is 1. The van der Waals surface area contributed by atoms with Gasteiger partial charge in [-0.15, -0.1) is 0 Å². The molecule has 1 amide bonds. The van der Waals surface area contributed by atoms with Crippen LogP contribution in [0.4, 0.5) is 28.9 Å². The van der Waals surface area contributed by atoms with Gasteiger partial charge in [0.05, 0.1) is 16.3 Å². The molecule has 31 heavy (non-hydrogen) atoms. The van der Waals surface area contributed by atoms with Crippen LogP contribution in [0.5, 0.6) is 5.75 Å². The van der Waals surface area contributed by atoms with Gasteiger partial charge in [0.2, 0.25) is 0 Å². The minimum absolute atomic E-state index is 0.106. The predicted octanol–water partition coefficient (Wildman–Crippen LogP) is 6.27. The highest BCUT2D eigenvalue weighted by Crippen LogP contribution is 2.36. The van der Waals surface area contributed by atoms with Crippen LogP contribution in [0.15, 0.2) is 71.7 Å². The van der Waals surface area contributed by atoms with E-state index in [0.29, 0.717) is 17.0 Å². The van der Waals surface area contributed by atoms with Crippen LogP contribution in [0.2, 0.25) is 5.02 Å². The highest BCUT2D eigenvalue weighted by molar-refractivity contribution is 6.31. The second-order valence-electron chi connectivity index (χ2n) is 6.33. The van der Waals surface area contributed by atoms with Gasteiger partial charge in [0.1, 0.15) is 11.6 Å². The number of nitrogens with zero attached hydrogens (tertiary/aromatic N) is 1. The summed E-state index contributed by atoms with van der Waals surface area (Å²) in [6.45, 7) is -0.254. The quantitative estimate of drug-likeness (QED) is 0.355. The first-order valence-electron chi connectivity index (χ1n) is 8.90. The maximum atomic E-state index is 12.9. The molecule has 3 rings (SSSR count). The summed E-state index contributed by atoms with van der Waals surface area (Å²) in [6.07, 6.45) is -3.17. The lowest BCUT2D eigenvalue weighted by atomic mass is 10.2. The van der Waals surface area contributed by atoms with Crippen molar-refractivity contribution in [2.75, 3.05) is 11.9 Å². The van der Waals surface area contributed by atoms with E-state index in [0.717, 1.165) is 12.1 Å². The van der Waals surface area contributed by atoms with Gasteiger partial charge in [0.15, 0.2) is 6.61 Å². The number of benzene rings is 3. The van der Waals surface area contributed by atoms with Crippen molar-refractivity contribution in [1.82, 2.24) is 0 Å². The van der Waals surface area contributed by atoms with E-state index in [1.54, 1.807) is 24.3 Å². The third-order valence-corrected chi connectivity index (χ3v) is 4.33. The molecule has 0 unspecified atom stereocenters. The summed E-state index contributed by atoms with van der Waals surface area (Å²) in [5, 5.41) is 2.17. The summed E-state index contributed by atoms with van der Waals surface area (Å²) in [4.78, 5) is 15.9. The Morgan fingerprint density at radius 1 is 1.03 bits per heavy atom. The molecule has 0 fully saturated rings. The summed E-state index contributed by atoms with van der Waals surface area (Å²) >= 11 is 5.59. The van der Waals surface area contributed by atoms with E-state index < -0.39 is 28.5 Å². The van der Waals surface area contributed by atoms with Crippen LogP contribution in [0.3, 0.4) is 0 Å². The average Bonchev–Trinajstić information content (AvgIpc) is 2.73. The smallest absolute Gasteiger partial charge is 0.417 e. The molecule has 0 aliphatic carbocycles. The van der Waals surface area contributed by atoms with Gasteiger partial charge < -0.3 is 10.1 Å². The average molecular weight is 451 g/mol. The molecule has 9 heteroatoms.